The minimum absolute atomic E-state index is 0. The monoisotopic (exact) mass is 278 g/mol. The lowest BCUT2D eigenvalue weighted by Crippen LogP contribution is -2.49. The summed E-state index contributed by atoms with van der Waals surface area (Å²) in [4.78, 5) is 15.4. The van der Waals surface area contributed by atoms with Gasteiger partial charge in [-0.3, -0.25) is 9.78 Å². The van der Waals surface area contributed by atoms with Crippen molar-refractivity contribution >= 4 is 30.8 Å². The number of aliphatic carboxylic acids is 1. The quantitative estimate of drug-likeness (QED) is 0.883. The van der Waals surface area contributed by atoms with E-state index in [1.807, 2.05) is 18.2 Å². The average molecular weight is 279 g/mol. The molecule has 0 saturated carbocycles. The van der Waals surface area contributed by atoms with E-state index in [1.54, 1.807) is 6.20 Å². The molecule has 4 nitrogen and oxygen atoms in total. The highest BCUT2D eigenvalue weighted by molar-refractivity contribution is 5.85. The smallest absolute Gasteiger partial charge is 0.324 e. The van der Waals surface area contributed by atoms with E-state index in [2.05, 4.69) is 10.3 Å². The number of rotatable bonds is 3. The van der Waals surface area contributed by atoms with Gasteiger partial charge in [0.15, 0.2) is 0 Å². The minimum Gasteiger partial charge on any atom is -0.480 e. The zero-order valence-corrected chi connectivity index (χ0v) is 10.9. The van der Waals surface area contributed by atoms with E-state index < -0.39 is 11.5 Å². The maximum absolute atomic E-state index is 11.2. The van der Waals surface area contributed by atoms with Crippen LogP contribution in [0.25, 0.3) is 0 Å². The second kappa shape index (κ2) is 6.79. The van der Waals surface area contributed by atoms with Gasteiger partial charge in [0.1, 0.15) is 5.54 Å². The van der Waals surface area contributed by atoms with Gasteiger partial charge >= 0.3 is 5.97 Å². The van der Waals surface area contributed by atoms with Crippen molar-refractivity contribution < 1.29 is 9.90 Å². The van der Waals surface area contributed by atoms with Crippen LogP contribution < -0.4 is 5.32 Å². The van der Waals surface area contributed by atoms with Crippen molar-refractivity contribution in [2.75, 3.05) is 6.54 Å². The highest BCUT2D eigenvalue weighted by Gasteiger charge is 2.41. The van der Waals surface area contributed by atoms with Crippen LogP contribution in [-0.2, 0) is 11.2 Å². The molecule has 1 aliphatic rings. The third kappa shape index (κ3) is 3.56. The standard InChI is InChI=1S/C11H14N2O2.2ClH/c14-10(15)11(5-3-7-13-11)8-9-4-1-2-6-12-9;;/h1-2,4,6,13H,3,5,7-8H2,(H,14,15);2*1H/t11-;;/m1../s1. The predicted octanol–water partition coefficient (Wildman–Crippen LogP) is 1.67. The first-order valence-electron chi connectivity index (χ1n) is 5.11. The minimum atomic E-state index is -0.797. The fraction of sp³-hybridized carbons (Fsp3) is 0.455. The first kappa shape index (κ1) is 16.2. The molecule has 0 amide bonds. The summed E-state index contributed by atoms with van der Waals surface area (Å²) in [6, 6.07) is 5.58. The molecule has 1 aliphatic heterocycles. The SMILES string of the molecule is Cl.Cl.O=C(O)[C@]1(Cc2ccccn2)CCCN1. The molecule has 0 aromatic carbocycles. The number of nitrogens with one attached hydrogen (secondary N) is 1. The number of carboxylic acids is 1. The molecule has 1 aromatic heterocycles. The molecule has 17 heavy (non-hydrogen) atoms. The van der Waals surface area contributed by atoms with Gasteiger partial charge < -0.3 is 10.4 Å². The number of aromatic nitrogens is 1. The van der Waals surface area contributed by atoms with Crippen LogP contribution in [-0.4, -0.2) is 28.1 Å². The van der Waals surface area contributed by atoms with Crippen molar-refractivity contribution in [1.82, 2.24) is 10.3 Å². The molecule has 6 heteroatoms. The number of pyridine rings is 1. The summed E-state index contributed by atoms with van der Waals surface area (Å²) in [6.07, 6.45) is 3.75. The van der Waals surface area contributed by atoms with Gasteiger partial charge in [-0.2, -0.15) is 0 Å². The number of carbonyl (C=O) groups is 1. The summed E-state index contributed by atoms with van der Waals surface area (Å²) in [7, 11) is 0. The molecule has 0 unspecified atom stereocenters. The predicted molar refractivity (Wildman–Crippen MR) is 70.0 cm³/mol. The molecule has 0 spiro atoms. The number of hydrogen-bond donors (Lipinski definition) is 2. The Bertz CT molecular complexity index is 354. The lowest BCUT2D eigenvalue weighted by atomic mass is 9.91. The molecule has 1 atom stereocenters. The summed E-state index contributed by atoms with van der Waals surface area (Å²) in [6.45, 7) is 0.777. The second-order valence-electron chi connectivity index (χ2n) is 3.92. The Morgan fingerprint density at radius 1 is 1.47 bits per heavy atom. The van der Waals surface area contributed by atoms with Gasteiger partial charge in [-0.25, -0.2) is 0 Å². The number of halogens is 2. The molecule has 0 aliphatic carbocycles. The molecule has 2 heterocycles. The largest absolute Gasteiger partial charge is 0.480 e. The van der Waals surface area contributed by atoms with E-state index in [4.69, 9.17) is 0 Å². The van der Waals surface area contributed by atoms with Gasteiger partial charge in [0.2, 0.25) is 0 Å². The summed E-state index contributed by atoms with van der Waals surface area (Å²) >= 11 is 0. The molecule has 1 aromatic rings. The van der Waals surface area contributed by atoms with Gasteiger partial charge in [-0.15, -0.1) is 24.8 Å². The Hall–Kier alpha value is -0.840. The molecular formula is C11H16Cl2N2O2. The first-order chi connectivity index (χ1) is 7.23. The third-order valence-electron chi connectivity index (χ3n) is 2.86. The molecule has 1 saturated heterocycles. The zero-order chi connectivity index (χ0) is 10.7. The fourth-order valence-electron chi connectivity index (χ4n) is 2.03. The van der Waals surface area contributed by atoms with Gasteiger partial charge in [0, 0.05) is 18.3 Å². The van der Waals surface area contributed by atoms with E-state index in [1.165, 1.54) is 0 Å². The first-order valence-corrected chi connectivity index (χ1v) is 5.11. The fourth-order valence-corrected chi connectivity index (χ4v) is 2.03. The van der Waals surface area contributed by atoms with E-state index in [0.29, 0.717) is 12.8 Å². The Morgan fingerprint density at radius 2 is 2.24 bits per heavy atom. The molecule has 0 bridgehead atoms. The topological polar surface area (TPSA) is 62.2 Å². The van der Waals surface area contributed by atoms with Crippen LogP contribution in [0, 0.1) is 0 Å². The van der Waals surface area contributed by atoms with Crippen molar-refractivity contribution in [3.63, 3.8) is 0 Å². The molecule has 2 N–H and O–H groups in total. The lowest BCUT2D eigenvalue weighted by Gasteiger charge is -2.23. The van der Waals surface area contributed by atoms with E-state index >= 15 is 0 Å². The number of hydrogen-bond acceptors (Lipinski definition) is 3. The normalized spacial score (nSPS) is 22.4. The second-order valence-corrected chi connectivity index (χ2v) is 3.92. The zero-order valence-electron chi connectivity index (χ0n) is 9.26. The summed E-state index contributed by atoms with van der Waals surface area (Å²) in [5.41, 5.74) is 0.0308. The Morgan fingerprint density at radius 3 is 2.71 bits per heavy atom. The number of nitrogens with zero attached hydrogens (tertiary/aromatic N) is 1. The van der Waals surface area contributed by atoms with Crippen LogP contribution in [0.3, 0.4) is 0 Å². The van der Waals surface area contributed by atoms with Gasteiger partial charge in [0.05, 0.1) is 0 Å². The van der Waals surface area contributed by atoms with Crippen molar-refractivity contribution in [3.8, 4) is 0 Å². The highest BCUT2D eigenvalue weighted by Crippen LogP contribution is 2.23. The van der Waals surface area contributed by atoms with Crippen LogP contribution in [0.2, 0.25) is 0 Å². The molecular weight excluding hydrogens is 263 g/mol. The van der Waals surface area contributed by atoms with Crippen molar-refractivity contribution in [2.24, 2.45) is 0 Å². The Balaban J connectivity index is 0.00000128. The maximum Gasteiger partial charge on any atom is 0.324 e. The molecule has 0 radical (unpaired) electrons. The van der Waals surface area contributed by atoms with Crippen LogP contribution in [0.1, 0.15) is 18.5 Å². The molecule has 1 fully saturated rings. The average Bonchev–Trinajstić information content (AvgIpc) is 2.69. The Kier molecular flexibility index (Phi) is 6.45. The van der Waals surface area contributed by atoms with Gasteiger partial charge in [-0.1, -0.05) is 6.07 Å². The van der Waals surface area contributed by atoms with E-state index in [9.17, 15) is 9.90 Å². The highest BCUT2D eigenvalue weighted by atomic mass is 35.5. The van der Waals surface area contributed by atoms with Crippen LogP contribution >= 0.6 is 24.8 Å². The van der Waals surface area contributed by atoms with Crippen molar-refractivity contribution in [2.45, 2.75) is 24.8 Å². The van der Waals surface area contributed by atoms with Crippen molar-refractivity contribution in [3.05, 3.63) is 30.1 Å². The van der Waals surface area contributed by atoms with Gasteiger partial charge in [0.25, 0.3) is 0 Å². The third-order valence-corrected chi connectivity index (χ3v) is 2.86. The Labute approximate surface area is 113 Å². The molecule has 96 valence electrons. The summed E-state index contributed by atoms with van der Waals surface area (Å²) in [5, 5.41) is 12.3. The summed E-state index contributed by atoms with van der Waals surface area (Å²) in [5.74, 6) is -0.773. The van der Waals surface area contributed by atoms with E-state index in [-0.39, 0.29) is 24.8 Å². The molecule has 2 rings (SSSR count). The van der Waals surface area contributed by atoms with Crippen LogP contribution in [0.15, 0.2) is 24.4 Å². The lowest BCUT2D eigenvalue weighted by molar-refractivity contribution is -0.144. The van der Waals surface area contributed by atoms with Crippen LogP contribution in [0.5, 0.6) is 0 Å². The number of carboxylic acid groups (broad SMARTS) is 1. The van der Waals surface area contributed by atoms with Crippen molar-refractivity contribution in [1.29, 1.82) is 0 Å². The van der Waals surface area contributed by atoms with Crippen LogP contribution in [0.4, 0.5) is 0 Å². The van der Waals surface area contributed by atoms with E-state index in [0.717, 1.165) is 18.7 Å². The van der Waals surface area contributed by atoms with Gasteiger partial charge in [-0.05, 0) is 31.5 Å². The summed E-state index contributed by atoms with van der Waals surface area (Å²) < 4.78 is 0. The maximum atomic E-state index is 11.2.